The van der Waals surface area contributed by atoms with Crippen LogP contribution in [0.5, 0.6) is 11.5 Å². The Labute approximate surface area is 178 Å². The first-order chi connectivity index (χ1) is 14.2. The van der Waals surface area contributed by atoms with E-state index in [2.05, 4.69) is 61.4 Å². The van der Waals surface area contributed by atoms with Gasteiger partial charge in [0.2, 0.25) is 0 Å². The first kappa shape index (κ1) is 17.2. The lowest BCUT2D eigenvalue weighted by molar-refractivity contribution is 0.480. The summed E-state index contributed by atoms with van der Waals surface area (Å²) >= 11 is 3.62. The molecule has 142 valence electrons. The summed E-state index contributed by atoms with van der Waals surface area (Å²) < 4.78 is 7.70. The Morgan fingerprint density at radius 1 is 1.21 bits per heavy atom. The summed E-state index contributed by atoms with van der Waals surface area (Å²) in [6.45, 7) is 10.4. The highest BCUT2D eigenvalue weighted by atomic mass is 32.2. The maximum Gasteiger partial charge on any atom is 0.170 e. The van der Waals surface area contributed by atoms with Crippen LogP contribution in [0.15, 0.2) is 71.1 Å². The Kier molecular flexibility index (Phi) is 3.65. The maximum atomic E-state index is 6.54. The molecule has 0 N–H and O–H groups in total. The van der Waals surface area contributed by atoms with Gasteiger partial charge in [-0.2, -0.15) is 0 Å². The molecule has 0 spiro atoms. The van der Waals surface area contributed by atoms with Gasteiger partial charge >= 0.3 is 0 Å². The van der Waals surface area contributed by atoms with Gasteiger partial charge in [0.05, 0.1) is 16.1 Å². The average Bonchev–Trinajstić information content (AvgIpc) is 3.11. The molecule has 6 rings (SSSR count). The van der Waals surface area contributed by atoms with Gasteiger partial charge < -0.3 is 9.64 Å². The lowest BCUT2D eigenvalue weighted by Gasteiger charge is -2.41. The van der Waals surface area contributed by atoms with Crippen molar-refractivity contribution >= 4 is 56.7 Å². The minimum atomic E-state index is 0.507. The molecule has 3 heterocycles. The molecule has 2 aromatic carbocycles. The van der Waals surface area contributed by atoms with Gasteiger partial charge in [0, 0.05) is 20.1 Å². The van der Waals surface area contributed by atoms with Crippen LogP contribution in [-0.4, -0.2) is 0 Å². The summed E-state index contributed by atoms with van der Waals surface area (Å²) in [4.78, 5) is 6.22. The monoisotopic (exact) mass is 413 g/mol. The zero-order valence-electron chi connectivity index (χ0n) is 16.1. The van der Waals surface area contributed by atoms with Crippen LogP contribution in [0.25, 0.3) is 22.2 Å². The number of allylic oxidation sites excluding steroid dienone is 3. The SMILES string of the molecule is C=Cc1sc2c3c4c(cc2c1C=C)SC1=C(C=CCC1C)N4c1ccccc1O3. The summed E-state index contributed by atoms with van der Waals surface area (Å²) in [5, 5.41) is 1.20. The first-order valence-corrected chi connectivity index (χ1v) is 11.4. The molecule has 1 aromatic heterocycles. The second-order valence-electron chi connectivity index (χ2n) is 7.51. The summed E-state index contributed by atoms with van der Waals surface area (Å²) in [6.07, 6.45) is 9.51. The van der Waals surface area contributed by atoms with Gasteiger partial charge in [0.25, 0.3) is 0 Å². The van der Waals surface area contributed by atoms with Crippen molar-refractivity contribution in [2.24, 2.45) is 5.92 Å². The van der Waals surface area contributed by atoms with Crippen molar-refractivity contribution in [3.05, 3.63) is 76.7 Å². The van der Waals surface area contributed by atoms with Crippen molar-refractivity contribution < 1.29 is 4.74 Å². The van der Waals surface area contributed by atoms with Gasteiger partial charge in [-0.15, -0.1) is 11.3 Å². The van der Waals surface area contributed by atoms with Gasteiger partial charge in [-0.3, -0.25) is 0 Å². The van der Waals surface area contributed by atoms with E-state index < -0.39 is 0 Å². The molecule has 3 aliphatic rings. The molecule has 0 bridgehead atoms. The first-order valence-electron chi connectivity index (χ1n) is 9.75. The van der Waals surface area contributed by atoms with Crippen molar-refractivity contribution in [2.45, 2.75) is 18.2 Å². The number of nitrogens with zero attached hydrogens (tertiary/aromatic N) is 1. The molecule has 4 heteroatoms. The predicted molar refractivity (Wildman–Crippen MR) is 126 cm³/mol. The van der Waals surface area contributed by atoms with Crippen LogP contribution in [-0.2, 0) is 0 Å². The molecule has 0 amide bonds. The second kappa shape index (κ2) is 6.15. The number of ether oxygens (including phenoxy) is 1. The van der Waals surface area contributed by atoms with Crippen LogP contribution < -0.4 is 9.64 Å². The highest BCUT2D eigenvalue weighted by molar-refractivity contribution is 8.03. The molecular formula is C25H19NOS2. The molecule has 0 saturated carbocycles. The van der Waals surface area contributed by atoms with E-state index in [0.29, 0.717) is 5.92 Å². The van der Waals surface area contributed by atoms with Crippen molar-refractivity contribution in [2.75, 3.05) is 4.90 Å². The Morgan fingerprint density at radius 2 is 2.07 bits per heavy atom. The third kappa shape index (κ3) is 2.24. The van der Waals surface area contributed by atoms with E-state index in [0.717, 1.165) is 44.4 Å². The van der Waals surface area contributed by atoms with Crippen molar-refractivity contribution in [3.8, 4) is 11.5 Å². The van der Waals surface area contributed by atoms with Gasteiger partial charge in [-0.25, -0.2) is 0 Å². The average molecular weight is 414 g/mol. The lowest BCUT2D eigenvalue weighted by atomic mass is 9.98. The second-order valence-corrected chi connectivity index (χ2v) is 9.65. The number of thioether (sulfide) groups is 1. The van der Waals surface area contributed by atoms with Crippen molar-refractivity contribution in [3.63, 3.8) is 0 Å². The molecule has 2 nitrogen and oxygen atoms in total. The summed E-state index contributed by atoms with van der Waals surface area (Å²) in [7, 11) is 0. The van der Waals surface area contributed by atoms with Crippen LogP contribution in [0.2, 0.25) is 0 Å². The zero-order chi connectivity index (χ0) is 19.7. The van der Waals surface area contributed by atoms with Crippen LogP contribution >= 0.6 is 23.1 Å². The number of thiophene rings is 1. The summed E-state index contributed by atoms with van der Waals surface area (Å²) in [5.41, 5.74) is 4.69. The van der Waals surface area contributed by atoms with E-state index in [4.69, 9.17) is 4.74 Å². The Bertz CT molecular complexity index is 1290. The minimum Gasteiger partial charge on any atom is -0.451 e. The molecule has 1 atom stereocenters. The minimum absolute atomic E-state index is 0.507. The summed E-state index contributed by atoms with van der Waals surface area (Å²) in [5.74, 6) is 2.35. The number of rotatable bonds is 2. The number of hydrogen-bond donors (Lipinski definition) is 0. The fourth-order valence-corrected chi connectivity index (χ4v) is 6.81. The Morgan fingerprint density at radius 3 is 2.90 bits per heavy atom. The van der Waals surface area contributed by atoms with E-state index in [1.165, 1.54) is 20.9 Å². The smallest absolute Gasteiger partial charge is 0.170 e. The molecular weight excluding hydrogens is 394 g/mol. The van der Waals surface area contributed by atoms with Crippen molar-refractivity contribution in [1.82, 2.24) is 0 Å². The zero-order valence-corrected chi connectivity index (χ0v) is 17.7. The van der Waals surface area contributed by atoms with E-state index in [1.54, 1.807) is 11.3 Å². The molecule has 1 unspecified atom stereocenters. The van der Waals surface area contributed by atoms with E-state index in [-0.39, 0.29) is 0 Å². The van der Waals surface area contributed by atoms with Crippen LogP contribution in [0, 0.1) is 5.92 Å². The van der Waals surface area contributed by atoms with Gasteiger partial charge in [-0.1, -0.05) is 62.2 Å². The predicted octanol–water partition coefficient (Wildman–Crippen LogP) is 8.34. The van der Waals surface area contributed by atoms with E-state index in [9.17, 15) is 0 Å². The number of hydrogen-bond acceptors (Lipinski definition) is 4. The van der Waals surface area contributed by atoms with Crippen LogP contribution in [0.4, 0.5) is 11.4 Å². The maximum absolute atomic E-state index is 6.54. The third-order valence-corrected chi connectivity index (χ3v) is 8.38. The highest BCUT2D eigenvalue weighted by Gasteiger charge is 2.38. The third-order valence-electron chi connectivity index (χ3n) is 5.80. The number of benzene rings is 2. The van der Waals surface area contributed by atoms with Crippen LogP contribution in [0.3, 0.4) is 0 Å². The largest absolute Gasteiger partial charge is 0.451 e. The standard InChI is InChI=1S/C25H19NOS2/c1-4-15-16-13-21-22-23(25(16)28-20(15)5-2)27-19-12-7-6-10-17(19)26(22)18-11-8-9-14(3)24(18)29-21/h4-8,10-14H,1-2,9H2,3H3. The topological polar surface area (TPSA) is 12.5 Å². The van der Waals surface area contributed by atoms with Crippen LogP contribution in [0.1, 0.15) is 23.8 Å². The van der Waals surface area contributed by atoms with Gasteiger partial charge in [-0.05, 0) is 42.2 Å². The molecule has 0 radical (unpaired) electrons. The van der Waals surface area contributed by atoms with E-state index in [1.807, 2.05) is 30.0 Å². The molecule has 2 aliphatic heterocycles. The molecule has 1 aliphatic carbocycles. The molecule has 3 aromatic rings. The number of anilines is 2. The van der Waals surface area contributed by atoms with Crippen molar-refractivity contribution in [1.29, 1.82) is 0 Å². The quantitative estimate of drug-likeness (QED) is 0.419. The molecule has 29 heavy (non-hydrogen) atoms. The fraction of sp³-hybridized carbons (Fsp3) is 0.120. The Balaban J connectivity index is 1.74. The highest BCUT2D eigenvalue weighted by Crippen LogP contribution is 2.62. The Hall–Kier alpha value is -2.69. The number of fused-ring (bicyclic) bond motifs is 5. The van der Waals surface area contributed by atoms with E-state index >= 15 is 0 Å². The molecule has 0 fully saturated rings. The fourth-order valence-electron chi connectivity index (χ4n) is 4.44. The van der Waals surface area contributed by atoms with Gasteiger partial charge in [0.1, 0.15) is 5.69 Å². The summed E-state index contributed by atoms with van der Waals surface area (Å²) in [6, 6.07) is 10.7. The molecule has 0 saturated heterocycles. The lowest BCUT2D eigenvalue weighted by Crippen LogP contribution is -2.26. The van der Waals surface area contributed by atoms with Gasteiger partial charge in [0.15, 0.2) is 11.5 Å². The normalized spacial score (nSPS) is 18.8. The number of para-hydroxylation sites is 2.